The zero-order valence-electron chi connectivity index (χ0n) is 14.2. The average Bonchev–Trinajstić information content (AvgIpc) is 2.59. The quantitative estimate of drug-likeness (QED) is 0.891. The third kappa shape index (κ3) is 4.05. The number of hydrogen-bond donors (Lipinski definition) is 1. The van der Waals surface area contributed by atoms with Crippen LogP contribution in [0.5, 0.6) is 0 Å². The largest absolute Gasteiger partial charge is 0.311 e. The molecular weight excluding hydrogens is 356 g/mol. The lowest BCUT2D eigenvalue weighted by molar-refractivity contribution is -0.116. The van der Waals surface area contributed by atoms with Gasteiger partial charge in [-0.05, 0) is 30.7 Å². The van der Waals surface area contributed by atoms with Crippen molar-refractivity contribution in [2.45, 2.75) is 30.2 Å². The van der Waals surface area contributed by atoms with Gasteiger partial charge in [-0.25, -0.2) is 13.1 Å². The van der Waals surface area contributed by atoms with Gasteiger partial charge in [-0.15, -0.1) is 11.8 Å². The Morgan fingerprint density at radius 2 is 2.04 bits per heavy atom. The second-order valence-electron chi connectivity index (χ2n) is 5.96. The van der Waals surface area contributed by atoms with Crippen LogP contribution in [0.2, 0.25) is 0 Å². The third-order valence-corrected chi connectivity index (χ3v) is 6.47. The minimum absolute atomic E-state index is 0.0798. The normalized spacial score (nSPS) is 14.2. The summed E-state index contributed by atoms with van der Waals surface area (Å²) in [6, 6.07) is 12.7. The van der Waals surface area contributed by atoms with Crippen molar-refractivity contribution in [2.24, 2.45) is 0 Å². The van der Waals surface area contributed by atoms with Gasteiger partial charge in [0.1, 0.15) is 0 Å². The lowest BCUT2D eigenvalue weighted by Gasteiger charge is -2.28. The number of amides is 1. The van der Waals surface area contributed by atoms with Crippen LogP contribution < -0.4 is 9.62 Å². The molecule has 25 heavy (non-hydrogen) atoms. The van der Waals surface area contributed by atoms with Crippen molar-refractivity contribution in [3.63, 3.8) is 0 Å². The number of anilines is 1. The van der Waals surface area contributed by atoms with Gasteiger partial charge >= 0.3 is 0 Å². The molecule has 0 aromatic heterocycles. The summed E-state index contributed by atoms with van der Waals surface area (Å²) in [7, 11) is -3.65. The Kier molecular flexibility index (Phi) is 5.17. The molecule has 0 unspecified atom stereocenters. The van der Waals surface area contributed by atoms with Gasteiger partial charge < -0.3 is 4.90 Å². The second kappa shape index (κ2) is 7.19. The maximum atomic E-state index is 12.6. The van der Waals surface area contributed by atoms with Crippen LogP contribution in [0, 0.1) is 6.92 Å². The maximum Gasteiger partial charge on any atom is 0.240 e. The van der Waals surface area contributed by atoms with E-state index in [-0.39, 0.29) is 17.3 Å². The van der Waals surface area contributed by atoms with Gasteiger partial charge in [-0.1, -0.05) is 29.8 Å². The van der Waals surface area contributed by atoms with E-state index in [0.717, 1.165) is 21.8 Å². The van der Waals surface area contributed by atoms with Gasteiger partial charge in [-0.3, -0.25) is 4.79 Å². The minimum Gasteiger partial charge on any atom is -0.311 e. The van der Waals surface area contributed by atoms with Crippen LogP contribution >= 0.6 is 11.8 Å². The lowest BCUT2D eigenvalue weighted by atomic mass is 10.1. The molecule has 1 aliphatic heterocycles. The summed E-state index contributed by atoms with van der Waals surface area (Å²) in [5, 5.41) is 0. The Labute approximate surface area is 152 Å². The lowest BCUT2D eigenvalue weighted by Crippen LogP contribution is -2.33. The predicted molar refractivity (Wildman–Crippen MR) is 100 cm³/mol. The van der Waals surface area contributed by atoms with E-state index in [1.54, 1.807) is 34.9 Å². The summed E-state index contributed by atoms with van der Waals surface area (Å²) in [4.78, 5) is 14.6. The van der Waals surface area contributed by atoms with E-state index < -0.39 is 10.0 Å². The first-order chi connectivity index (χ1) is 11.9. The Hall–Kier alpha value is -1.83. The molecule has 0 spiro atoms. The van der Waals surface area contributed by atoms with Gasteiger partial charge in [-0.2, -0.15) is 0 Å². The van der Waals surface area contributed by atoms with E-state index in [1.807, 2.05) is 31.2 Å². The molecule has 2 aromatic rings. The van der Waals surface area contributed by atoms with Crippen molar-refractivity contribution >= 4 is 33.4 Å². The predicted octanol–water partition coefficient (Wildman–Crippen LogP) is 2.93. The molecule has 0 saturated carbocycles. The molecule has 1 N–H and O–H groups in total. The summed E-state index contributed by atoms with van der Waals surface area (Å²) in [6.45, 7) is 4.28. The van der Waals surface area contributed by atoms with Gasteiger partial charge in [0.15, 0.2) is 0 Å². The Bertz CT molecular complexity index is 910. The first-order valence-electron chi connectivity index (χ1n) is 7.97. The first-order valence-corrected chi connectivity index (χ1v) is 10.4. The van der Waals surface area contributed by atoms with Crippen molar-refractivity contribution in [2.75, 3.05) is 17.2 Å². The molecule has 1 amide bonds. The van der Waals surface area contributed by atoms with Crippen LogP contribution in [0.15, 0.2) is 52.3 Å². The van der Waals surface area contributed by atoms with E-state index in [9.17, 15) is 13.2 Å². The van der Waals surface area contributed by atoms with Crippen LogP contribution in [-0.4, -0.2) is 26.6 Å². The Morgan fingerprint density at radius 1 is 1.24 bits per heavy atom. The van der Waals surface area contributed by atoms with Gasteiger partial charge in [0.05, 0.1) is 10.6 Å². The molecule has 0 saturated heterocycles. The number of fused-ring (bicyclic) bond motifs is 1. The summed E-state index contributed by atoms with van der Waals surface area (Å²) in [6.07, 6.45) is 0. The molecule has 2 aromatic carbocycles. The number of carbonyl (C=O) groups excluding carboxylic acids is 1. The van der Waals surface area contributed by atoms with Crippen molar-refractivity contribution in [3.05, 3.63) is 53.6 Å². The summed E-state index contributed by atoms with van der Waals surface area (Å²) in [5.41, 5.74) is 2.66. The molecule has 5 nitrogen and oxygen atoms in total. The fourth-order valence-electron chi connectivity index (χ4n) is 2.78. The molecule has 0 radical (unpaired) electrons. The number of benzene rings is 2. The van der Waals surface area contributed by atoms with E-state index in [2.05, 4.69) is 4.72 Å². The fourth-order valence-corrected chi connectivity index (χ4v) is 4.79. The number of hydrogen-bond acceptors (Lipinski definition) is 4. The monoisotopic (exact) mass is 376 g/mol. The van der Waals surface area contributed by atoms with E-state index >= 15 is 0 Å². The highest BCUT2D eigenvalue weighted by Gasteiger charge is 2.23. The number of nitrogens with one attached hydrogen (secondary N) is 1. The molecule has 1 aliphatic rings. The van der Waals surface area contributed by atoms with Gasteiger partial charge in [0, 0.05) is 30.7 Å². The van der Waals surface area contributed by atoms with Gasteiger partial charge in [0.25, 0.3) is 0 Å². The van der Waals surface area contributed by atoms with Gasteiger partial charge in [0.2, 0.25) is 15.9 Å². The maximum absolute atomic E-state index is 12.6. The number of sulfonamides is 1. The molecule has 0 bridgehead atoms. The fraction of sp³-hybridized carbons (Fsp3) is 0.278. The highest BCUT2D eigenvalue weighted by molar-refractivity contribution is 7.99. The van der Waals surface area contributed by atoms with Crippen molar-refractivity contribution in [1.82, 2.24) is 4.72 Å². The number of rotatable bonds is 4. The van der Waals surface area contributed by atoms with Crippen LogP contribution in [0.3, 0.4) is 0 Å². The highest BCUT2D eigenvalue weighted by atomic mass is 32.2. The summed E-state index contributed by atoms with van der Waals surface area (Å²) >= 11 is 1.63. The standard InChI is InChI=1S/C18H20N2O3S2/c1-13-4-3-5-15(10-13)12-19-25(22,23)16-6-7-18-17(11-16)20(14(2)21)8-9-24-18/h3-7,10-11,19H,8-9,12H2,1-2H3. The third-order valence-electron chi connectivity index (χ3n) is 4.03. The molecule has 0 fully saturated rings. The molecule has 132 valence electrons. The molecule has 7 heteroatoms. The second-order valence-corrected chi connectivity index (χ2v) is 8.87. The molecule has 0 atom stereocenters. The first kappa shape index (κ1) is 18.0. The SMILES string of the molecule is CC(=O)N1CCSc2ccc(S(=O)(=O)NCc3cccc(C)c3)cc21. The summed E-state index contributed by atoms with van der Waals surface area (Å²) < 4.78 is 27.9. The zero-order valence-corrected chi connectivity index (χ0v) is 15.8. The molecule has 0 aliphatic carbocycles. The van der Waals surface area contributed by atoms with E-state index in [1.165, 1.54) is 6.92 Å². The molecular formula is C18H20N2O3S2. The van der Waals surface area contributed by atoms with Crippen LogP contribution in [-0.2, 0) is 21.4 Å². The number of nitrogens with zero attached hydrogens (tertiary/aromatic N) is 1. The zero-order chi connectivity index (χ0) is 18.0. The van der Waals surface area contributed by atoms with Crippen LogP contribution in [0.4, 0.5) is 5.69 Å². The van der Waals surface area contributed by atoms with E-state index in [4.69, 9.17) is 0 Å². The smallest absolute Gasteiger partial charge is 0.240 e. The van der Waals surface area contributed by atoms with Crippen molar-refractivity contribution in [3.8, 4) is 0 Å². The minimum atomic E-state index is -3.65. The summed E-state index contributed by atoms with van der Waals surface area (Å²) in [5.74, 6) is 0.730. The topological polar surface area (TPSA) is 66.5 Å². The highest BCUT2D eigenvalue weighted by Crippen LogP contribution is 2.36. The number of thioether (sulfide) groups is 1. The average molecular weight is 377 g/mol. The molecule has 3 rings (SSSR count). The van der Waals surface area contributed by atoms with E-state index in [0.29, 0.717) is 12.2 Å². The van der Waals surface area contributed by atoms with Crippen molar-refractivity contribution in [1.29, 1.82) is 0 Å². The number of carbonyl (C=O) groups is 1. The number of aryl methyl sites for hydroxylation is 1. The van der Waals surface area contributed by atoms with Crippen LogP contribution in [0.25, 0.3) is 0 Å². The Balaban J connectivity index is 1.85. The van der Waals surface area contributed by atoms with Crippen LogP contribution in [0.1, 0.15) is 18.1 Å². The van der Waals surface area contributed by atoms with Crippen molar-refractivity contribution < 1.29 is 13.2 Å². The Morgan fingerprint density at radius 3 is 2.76 bits per heavy atom. The molecule has 1 heterocycles.